The Morgan fingerprint density at radius 2 is 1.56 bits per heavy atom. The van der Waals surface area contributed by atoms with Crippen LogP contribution in [0, 0.1) is 11.3 Å². The summed E-state index contributed by atoms with van der Waals surface area (Å²) in [5.41, 5.74) is -2.73. The second-order valence-corrected chi connectivity index (χ2v) is 13.0. The second-order valence-electron chi connectivity index (χ2n) is 13.0. The van der Waals surface area contributed by atoms with E-state index in [2.05, 4.69) is 15.0 Å². The normalized spacial score (nSPS) is 19.7. The molecule has 264 valence electrons. The summed E-state index contributed by atoms with van der Waals surface area (Å²) in [5, 5.41) is 2.63. The van der Waals surface area contributed by atoms with Crippen molar-refractivity contribution < 1.29 is 56.5 Å². The van der Waals surface area contributed by atoms with Gasteiger partial charge in [0.1, 0.15) is 40.5 Å². The molecule has 2 aliphatic rings. The molecule has 14 heteroatoms. The molecule has 0 saturated heterocycles. The molecule has 1 N–H and O–H groups in total. The maximum absolute atomic E-state index is 12.6. The Hall–Kier alpha value is -4.75. The van der Waals surface area contributed by atoms with Crippen molar-refractivity contribution >= 4 is 41.9 Å². The van der Waals surface area contributed by atoms with Crippen LogP contribution in [0.25, 0.3) is 0 Å². The maximum Gasteiger partial charge on any atom is 0.434 e. The molecule has 0 spiro atoms. The van der Waals surface area contributed by atoms with Gasteiger partial charge in [-0.1, -0.05) is 0 Å². The molecule has 48 heavy (non-hydrogen) atoms. The summed E-state index contributed by atoms with van der Waals surface area (Å²) in [7, 11) is 2.54. The highest BCUT2D eigenvalue weighted by Crippen LogP contribution is 2.46. The average Bonchev–Trinajstić information content (AvgIpc) is 3.82. The molecule has 14 nitrogen and oxygen atoms in total. The number of hydrogen-bond acceptors (Lipinski definition) is 12. The van der Waals surface area contributed by atoms with Crippen LogP contribution in [0.2, 0.25) is 0 Å². The third-order valence-corrected chi connectivity index (χ3v) is 7.03. The lowest BCUT2D eigenvalue weighted by Crippen LogP contribution is -2.50. The number of ketones is 2. The third-order valence-electron chi connectivity index (χ3n) is 7.03. The lowest BCUT2D eigenvalue weighted by molar-refractivity contribution is -0.159. The number of carbonyl (C=O) groups excluding carboxylic acids is 6. The number of aliphatic imine (C=N–C) groups is 1. The van der Waals surface area contributed by atoms with Crippen molar-refractivity contribution in [1.29, 1.82) is 0 Å². The predicted octanol–water partition coefficient (Wildman–Crippen LogP) is 5.92. The highest BCUT2D eigenvalue weighted by atomic mass is 16.6. The summed E-state index contributed by atoms with van der Waals surface area (Å²) in [6.45, 7) is 10.5. The van der Waals surface area contributed by atoms with Crippen LogP contribution in [-0.4, -0.2) is 67.3 Å². The molecule has 2 saturated carbocycles. The number of methoxy groups -OCH3 is 2. The summed E-state index contributed by atoms with van der Waals surface area (Å²) >= 11 is 0. The van der Waals surface area contributed by atoms with Crippen molar-refractivity contribution in [1.82, 2.24) is 5.32 Å². The SMILES string of the molecule is CC(C)(C)OC(=O)N=Cc1ccco1.COC(=O)C1CCCC1=O.COC(=O)[C@]1([C@H](NC(=O)OC(C)(C)C)c2ccco2)CCCC1=O. The van der Waals surface area contributed by atoms with Gasteiger partial charge in [0.25, 0.3) is 0 Å². The molecule has 2 fully saturated rings. The first-order valence-electron chi connectivity index (χ1n) is 15.5. The lowest BCUT2D eigenvalue weighted by atomic mass is 9.76. The van der Waals surface area contributed by atoms with Crippen molar-refractivity contribution in [2.45, 2.75) is 97.3 Å². The Balaban J connectivity index is 0.000000280. The van der Waals surface area contributed by atoms with E-state index in [4.69, 9.17) is 23.0 Å². The molecule has 0 aromatic carbocycles. The van der Waals surface area contributed by atoms with Gasteiger partial charge in [0.15, 0.2) is 11.2 Å². The molecule has 0 aliphatic heterocycles. The summed E-state index contributed by atoms with van der Waals surface area (Å²) in [6.07, 6.45) is 6.03. The molecule has 2 amide bonds. The van der Waals surface area contributed by atoms with Crippen LogP contribution in [0.15, 0.2) is 50.6 Å². The molecule has 3 atom stereocenters. The number of ether oxygens (including phenoxy) is 4. The van der Waals surface area contributed by atoms with Crippen molar-refractivity contribution in [3.63, 3.8) is 0 Å². The minimum Gasteiger partial charge on any atom is -0.468 e. The molecule has 2 aromatic rings. The first-order valence-corrected chi connectivity index (χ1v) is 15.5. The zero-order chi connectivity index (χ0) is 36.1. The van der Waals surface area contributed by atoms with Crippen molar-refractivity contribution in [3.05, 3.63) is 48.3 Å². The number of hydrogen-bond donors (Lipinski definition) is 1. The summed E-state index contributed by atoms with van der Waals surface area (Å²) in [4.78, 5) is 73.6. The van der Waals surface area contributed by atoms with E-state index >= 15 is 0 Å². The van der Waals surface area contributed by atoms with E-state index in [-0.39, 0.29) is 30.4 Å². The van der Waals surface area contributed by atoms with E-state index in [0.29, 0.717) is 30.8 Å². The van der Waals surface area contributed by atoms with Gasteiger partial charge >= 0.3 is 24.1 Å². The van der Waals surface area contributed by atoms with E-state index in [9.17, 15) is 28.8 Å². The van der Waals surface area contributed by atoms with E-state index < -0.39 is 46.7 Å². The van der Waals surface area contributed by atoms with Crippen molar-refractivity contribution in [2.75, 3.05) is 14.2 Å². The number of amides is 2. The lowest BCUT2D eigenvalue weighted by Gasteiger charge is -2.33. The molecular formula is C34H46N2O12. The molecular weight excluding hydrogens is 628 g/mol. The number of nitrogens with zero attached hydrogens (tertiary/aromatic N) is 1. The maximum atomic E-state index is 12.6. The largest absolute Gasteiger partial charge is 0.468 e. The van der Waals surface area contributed by atoms with E-state index in [0.717, 1.165) is 6.42 Å². The zero-order valence-corrected chi connectivity index (χ0v) is 28.8. The Kier molecular flexibility index (Phi) is 14.3. The standard InChI is InChI=1S/C17H23NO6.C10H13NO3.C7H10O3/c1-16(2,3)24-15(21)18-13(11-7-6-10-23-11)17(14(20)22-4)9-5-8-12(17)19;1-10(2,3)14-9(12)11-7-8-5-4-6-13-8;1-10-7(9)5-3-2-4-6(5)8/h6-7,10,13H,5,8-9H2,1-4H3,(H,18,21);4-7H,1-3H3;5H,2-4H2,1H3/t13-,17-;;/m1../s1. The van der Waals surface area contributed by atoms with Crippen molar-refractivity contribution in [2.24, 2.45) is 16.3 Å². The minimum atomic E-state index is -1.50. The first kappa shape index (κ1) is 39.4. The molecule has 0 bridgehead atoms. The quantitative estimate of drug-likeness (QED) is 0.165. The monoisotopic (exact) mass is 674 g/mol. The minimum absolute atomic E-state index is 0.0341. The van der Waals surface area contributed by atoms with Gasteiger partial charge in [-0.25, -0.2) is 9.59 Å². The summed E-state index contributed by atoms with van der Waals surface area (Å²) < 4.78 is 29.9. The van der Waals surface area contributed by atoms with Gasteiger partial charge in [-0.3, -0.25) is 19.2 Å². The van der Waals surface area contributed by atoms with Crippen LogP contribution in [0.1, 0.15) is 97.6 Å². The van der Waals surface area contributed by atoms with Crippen molar-refractivity contribution in [3.8, 4) is 0 Å². The van der Waals surface area contributed by atoms with Gasteiger partial charge in [-0.2, -0.15) is 4.99 Å². The molecule has 2 aliphatic carbocycles. The van der Waals surface area contributed by atoms with Gasteiger partial charge in [0.05, 0.1) is 33.0 Å². The number of Topliss-reactive ketones (excluding diaryl/α,β-unsaturated/α-hetero) is 2. The smallest absolute Gasteiger partial charge is 0.434 e. The fourth-order valence-electron chi connectivity index (χ4n) is 5.01. The van der Waals surface area contributed by atoms with E-state index in [1.807, 2.05) is 0 Å². The van der Waals surface area contributed by atoms with Crippen LogP contribution in [0.4, 0.5) is 9.59 Å². The molecule has 1 unspecified atom stereocenters. The van der Waals surface area contributed by atoms with E-state index in [1.165, 1.54) is 33.0 Å². The highest BCUT2D eigenvalue weighted by Gasteiger charge is 2.57. The van der Waals surface area contributed by atoms with E-state index in [1.54, 1.807) is 65.8 Å². The number of nitrogens with one attached hydrogen (secondary N) is 1. The molecule has 0 radical (unpaired) electrons. The average molecular weight is 675 g/mol. The number of alkyl carbamates (subject to hydrolysis) is 1. The highest BCUT2D eigenvalue weighted by molar-refractivity contribution is 6.06. The topological polar surface area (TPSA) is 190 Å². The van der Waals surface area contributed by atoms with Crippen LogP contribution in [-0.2, 0) is 38.1 Å². The van der Waals surface area contributed by atoms with Gasteiger partial charge < -0.3 is 33.1 Å². The third kappa shape index (κ3) is 11.8. The number of furan rings is 2. The first-order chi connectivity index (χ1) is 22.4. The van der Waals surface area contributed by atoms with Gasteiger partial charge in [0.2, 0.25) is 0 Å². The van der Waals surface area contributed by atoms with Gasteiger partial charge in [0, 0.05) is 12.8 Å². The number of rotatable bonds is 6. The Morgan fingerprint density at radius 3 is 2.02 bits per heavy atom. The molecule has 2 aromatic heterocycles. The number of carbonyl (C=O) groups is 6. The van der Waals surface area contributed by atoms with Crippen LogP contribution < -0.4 is 5.32 Å². The second kappa shape index (κ2) is 17.4. The summed E-state index contributed by atoms with van der Waals surface area (Å²) in [6, 6.07) is 5.68. The summed E-state index contributed by atoms with van der Waals surface area (Å²) in [5.74, 6) is -0.911. The van der Waals surface area contributed by atoms with Crippen LogP contribution in [0.5, 0.6) is 0 Å². The Bertz CT molecular complexity index is 1410. The Labute approximate surface area is 279 Å². The molecule has 4 rings (SSSR count). The Morgan fingerprint density at radius 1 is 0.917 bits per heavy atom. The van der Waals surface area contributed by atoms with Gasteiger partial charge in [-0.15, -0.1) is 0 Å². The predicted molar refractivity (Wildman–Crippen MR) is 171 cm³/mol. The van der Waals surface area contributed by atoms with Crippen LogP contribution in [0.3, 0.4) is 0 Å². The fraction of sp³-hybridized carbons (Fsp3) is 0.559. The molecule has 2 heterocycles. The fourth-order valence-corrected chi connectivity index (χ4v) is 5.01. The van der Waals surface area contributed by atoms with Gasteiger partial charge in [-0.05, 0) is 91.5 Å². The zero-order valence-electron chi connectivity index (χ0n) is 28.8. The number of esters is 2. The van der Waals surface area contributed by atoms with Crippen LogP contribution >= 0.6 is 0 Å².